The van der Waals surface area contributed by atoms with Gasteiger partial charge in [-0.3, -0.25) is 4.79 Å². The van der Waals surface area contributed by atoms with Crippen LogP contribution in [-0.2, 0) is 9.53 Å². The van der Waals surface area contributed by atoms with Crippen LogP contribution >= 0.6 is 0 Å². The highest BCUT2D eigenvalue weighted by molar-refractivity contribution is 5.91. The van der Waals surface area contributed by atoms with E-state index in [0.29, 0.717) is 12.3 Å². The molecule has 0 aromatic carbocycles. The molecule has 1 aromatic heterocycles. The first-order chi connectivity index (χ1) is 7.63. The van der Waals surface area contributed by atoms with Crippen molar-refractivity contribution in [3.63, 3.8) is 0 Å². The number of nitrogens with one attached hydrogen (secondary N) is 1. The monoisotopic (exact) mass is 223 g/mol. The molecule has 1 heterocycles. The lowest BCUT2D eigenvalue weighted by molar-refractivity contribution is -0.120. The van der Waals surface area contributed by atoms with Crippen molar-refractivity contribution in [1.29, 1.82) is 0 Å². The van der Waals surface area contributed by atoms with Gasteiger partial charge in [0.2, 0.25) is 5.91 Å². The summed E-state index contributed by atoms with van der Waals surface area (Å²) in [6.07, 6.45) is 1.62. The van der Waals surface area contributed by atoms with E-state index in [9.17, 15) is 4.79 Å². The molecular weight excluding hydrogens is 206 g/mol. The molecular formula is C11H17N3O2. The summed E-state index contributed by atoms with van der Waals surface area (Å²) in [7, 11) is 3.82. The smallest absolute Gasteiger partial charge is 0.250 e. The minimum Gasteiger partial charge on any atom is -0.372 e. The number of hydrogen-bond donors (Lipinski definition) is 1. The lowest BCUT2D eigenvalue weighted by Gasteiger charge is -2.11. The minimum absolute atomic E-state index is 0.0753. The molecule has 1 rings (SSSR count). The van der Waals surface area contributed by atoms with E-state index < -0.39 is 0 Å². The molecule has 88 valence electrons. The van der Waals surface area contributed by atoms with E-state index in [1.165, 1.54) is 0 Å². The fourth-order valence-corrected chi connectivity index (χ4v) is 1.12. The fourth-order valence-electron chi connectivity index (χ4n) is 1.12. The predicted molar refractivity (Wildman–Crippen MR) is 63.7 cm³/mol. The SMILES string of the molecule is CCOCC(=O)Nc1ccc(N(C)C)nc1. The molecule has 0 saturated heterocycles. The maximum Gasteiger partial charge on any atom is 0.250 e. The van der Waals surface area contributed by atoms with Crippen LogP contribution in [0, 0.1) is 0 Å². The number of carbonyl (C=O) groups excluding carboxylic acids is 1. The van der Waals surface area contributed by atoms with Crippen molar-refractivity contribution < 1.29 is 9.53 Å². The maximum absolute atomic E-state index is 11.3. The average molecular weight is 223 g/mol. The van der Waals surface area contributed by atoms with Gasteiger partial charge in [0.05, 0.1) is 11.9 Å². The van der Waals surface area contributed by atoms with E-state index in [1.807, 2.05) is 38.1 Å². The summed E-state index contributed by atoms with van der Waals surface area (Å²) in [4.78, 5) is 17.4. The number of pyridine rings is 1. The van der Waals surface area contributed by atoms with Crippen molar-refractivity contribution in [3.8, 4) is 0 Å². The number of amides is 1. The van der Waals surface area contributed by atoms with Crippen molar-refractivity contribution in [2.24, 2.45) is 0 Å². The third kappa shape index (κ3) is 3.86. The Morgan fingerprint density at radius 1 is 1.50 bits per heavy atom. The third-order valence-corrected chi connectivity index (χ3v) is 1.93. The van der Waals surface area contributed by atoms with E-state index in [1.54, 1.807) is 6.20 Å². The van der Waals surface area contributed by atoms with Gasteiger partial charge in [-0.05, 0) is 19.1 Å². The highest BCUT2D eigenvalue weighted by atomic mass is 16.5. The lowest BCUT2D eigenvalue weighted by Crippen LogP contribution is -2.18. The van der Waals surface area contributed by atoms with Crippen molar-refractivity contribution >= 4 is 17.4 Å². The van der Waals surface area contributed by atoms with E-state index in [-0.39, 0.29) is 12.5 Å². The Morgan fingerprint density at radius 3 is 2.75 bits per heavy atom. The van der Waals surface area contributed by atoms with Gasteiger partial charge in [-0.1, -0.05) is 0 Å². The Labute approximate surface area is 95.4 Å². The second-order valence-electron chi connectivity index (χ2n) is 3.48. The van der Waals surface area contributed by atoms with Crippen LogP contribution < -0.4 is 10.2 Å². The van der Waals surface area contributed by atoms with Crippen LogP contribution in [0.15, 0.2) is 18.3 Å². The summed E-state index contributed by atoms with van der Waals surface area (Å²) in [6.45, 7) is 2.46. The zero-order chi connectivity index (χ0) is 12.0. The Hall–Kier alpha value is -1.62. The van der Waals surface area contributed by atoms with Gasteiger partial charge in [-0.2, -0.15) is 0 Å². The maximum atomic E-state index is 11.3. The van der Waals surface area contributed by atoms with Gasteiger partial charge in [-0.15, -0.1) is 0 Å². The van der Waals surface area contributed by atoms with Gasteiger partial charge in [0.1, 0.15) is 12.4 Å². The molecule has 0 atom stereocenters. The first-order valence-corrected chi connectivity index (χ1v) is 5.14. The quantitative estimate of drug-likeness (QED) is 0.812. The average Bonchev–Trinajstić information content (AvgIpc) is 2.27. The summed E-state index contributed by atoms with van der Waals surface area (Å²) in [5, 5.41) is 2.70. The van der Waals surface area contributed by atoms with Crippen LogP contribution in [0.4, 0.5) is 11.5 Å². The summed E-state index contributed by atoms with van der Waals surface area (Å²) in [5.41, 5.74) is 0.676. The second-order valence-corrected chi connectivity index (χ2v) is 3.48. The molecule has 0 bridgehead atoms. The lowest BCUT2D eigenvalue weighted by atomic mass is 10.4. The number of nitrogens with zero attached hydrogens (tertiary/aromatic N) is 2. The Balaban J connectivity index is 2.51. The summed E-state index contributed by atoms with van der Waals surface area (Å²) in [5.74, 6) is 0.684. The molecule has 0 aliphatic carbocycles. The van der Waals surface area contributed by atoms with E-state index in [4.69, 9.17) is 4.74 Å². The molecule has 0 spiro atoms. The molecule has 16 heavy (non-hydrogen) atoms. The number of aromatic nitrogens is 1. The molecule has 0 aliphatic heterocycles. The van der Waals surface area contributed by atoms with Crippen molar-refractivity contribution in [3.05, 3.63) is 18.3 Å². The summed E-state index contributed by atoms with van der Waals surface area (Å²) < 4.78 is 4.99. The first kappa shape index (κ1) is 12.4. The van der Waals surface area contributed by atoms with Crippen LogP contribution in [0.5, 0.6) is 0 Å². The van der Waals surface area contributed by atoms with Crippen molar-refractivity contribution in [1.82, 2.24) is 4.98 Å². The number of hydrogen-bond acceptors (Lipinski definition) is 4. The van der Waals surface area contributed by atoms with Gasteiger partial charge in [-0.25, -0.2) is 4.98 Å². The highest BCUT2D eigenvalue weighted by Crippen LogP contribution is 2.11. The Kier molecular flexibility index (Phi) is 4.72. The number of carbonyl (C=O) groups is 1. The van der Waals surface area contributed by atoms with Gasteiger partial charge >= 0.3 is 0 Å². The summed E-state index contributed by atoms with van der Waals surface area (Å²) >= 11 is 0. The molecule has 1 N–H and O–H groups in total. The van der Waals surface area contributed by atoms with Gasteiger partial charge in [0, 0.05) is 20.7 Å². The minimum atomic E-state index is -0.166. The zero-order valence-corrected chi connectivity index (χ0v) is 9.86. The van der Waals surface area contributed by atoms with Crippen LogP contribution in [0.25, 0.3) is 0 Å². The molecule has 5 heteroatoms. The Morgan fingerprint density at radius 2 is 2.25 bits per heavy atom. The Bertz CT molecular complexity index is 336. The van der Waals surface area contributed by atoms with Gasteiger partial charge in [0.25, 0.3) is 0 Å². The van der Waals surface area contributed by atoms with E-state index in [0.717, 1.165) is 5.82 Å². The normalized spacial score (nSPS) is 9.94. The molecule has 0 saturated carbocycles. The van der Waals surface area contributed by atoms with Gasteiger partial charge in [0.15, 0.2) is 0 Å². The largest absolute Gasteiger partial charge is 0.372 e. The van der Waals surface area contributed by atoms with Crippen LogP contribution in [0.3, 0.4) is 0 Å². The van der Waals surface area contributed by atoms with Crippen molar-refractivity contribution in [2.75, 3.05) is 37.5 Å². The highest BCUT2D eigenvalue weighted by Gasteiger charge is 2.02. The molecule has 5 nitrogen and oxygen atoms in total. The molecule has 0 aliphatic rings. The molecule has 0 fully saturated rings. The van der Waals surface area contributed by atoms with E-state index >= 15 is 0 Å². The van der Waals surface area contributed by atoms with E-state index in [2.05, 4.69) is 10.3 Å². The first-order valence-electron chi connectivity index (χ1n) is 5.14. The third-order valence-electron chi connectivity index (χ3n) is 1.93. The fraction of sp³-hybridized carbons (Fsp3) is 0.455. The molecule has 0 radical (unpaired) electrons. The summed E-state index contributed by atoms with van der Waals surface area (Å²) in [6, 6.07) is 3.66. The van der Waals surface area contributed by atoms with Crippen LogP contribution in [-0.4, -0.2) is 38.2 Å². The number of rotatable bonds is 5. The molecule has 1 aromatic rings. The van der Waals surface area contributed by atoms with Crippen molar-refractivity contribution in [2.45, 2.75) is 6.92 Å². The molecule has 1 amide bonds. The zero-order valence-electron chi connectivity index (χ0n) is 9.86. The number of anilines is 2. The van der Waals surface area contributed by atoms with Gasteiger partial charge < -0.3 is 15.0 Å². The number of ether oxygens (including phenoxy) is 1. The predicted octanol–water partition coefficient (Wildman–Crippen LogP) is 1.12. The topological polar surface area (TPSA) is 54.5 Å². The second kappa shape index (κ2) is 6.07. The van der Waals surface area contributed by atoms with Crippen LogP contribution in [0.2, 0.25) is 0 Å². The molecule has 0 unspecified atom stereocenters. The standard InChI is InChI=1S/C11H17N3O2/c1-4-16-8-11(15)13-9-5-6-10(12-7-9)14(2)3/h5-7H,4,8H2,1-3H3,(H,13,15). The van der Waals surface area contributed by atoms with Crippen LogP contribution in [0.1, 0.15) is 6.92 Å².